The number of hydrogen-bond donors (Lipinski definition) is 2. The van der Waals surface area contributed by atoms with Crippen molar-refractivity contribution in [1.82, 2.24) is 19.4 Å². The summed E-state index contributed by atoms with van der Waals surface area (Å²) in [6.45, 7) is 4.05. The summed E-state index contributed by atoms with van der Waals surface area (Å²) in [6.07, 6.45) is 6.14. The maximum atomic E-state index is 13.2. The highest BCUT2D eigenvalue weighted by Crippen LogP contribution is 2.26. The molecule has 35 heavy (non-hydrogen) atoms. The van der Waals surface area contributed by atoms with E-state index < -0.39 is 6.10 Å². The van der Waals surface area contributed by atoms with Gasteiger partial charge in [0.25, 0.3) is 5.91 Å². The van der Waals surface area contributed by atoms with Gasteiger partial charge in [-0.1, -0.05) is 11.6 Å². The molecule has 0 aliphatic heterocycles. The molecule has 1 aromatic carbocycles. The number of hydrogen-bond acceptors (Lipinski definition) is 6. The minimum Gasteiger partial charge on any atom is -0.389 e. The minimum absolute atomic E-state index is 0.221. The van der Waals surface area contributed by atoms with Gasteiger partial charge in [0.1, 0.15) is 0 Å². The van der Waals surface area contributed by atoms with Crippen LogP contribution in [0.4, 0.5) is 5.69 Å². The van der Waals surface area contributed by atoms with Crippen LogP contribution in [0.1, 0.15) is 15.9 Å². The number of nitrogens with zero attached hydrogens (tertiary/aromatic N) is 6. The molecule has 2 N–H and O–H groups in total. The van der Waals surface area contributed by atoms with Crippen LogP contribution in [0.3, 0.4) is 0 Å². The lowest BCUT2D eigenvalue weighted by Gasteiger charge is -2.09. The summed E-state index contributed by atoms with van der Waals surface area (Å²) < 4.78 is 8.23. The van der Waals surface area contributed by atoms with Gasteiger partial charge in [-0.15, -0.1) is 0 Å². The van der Waals surface area contributed by atoms with E-state index in [4.69, 9.17) is 16.3 Å². The molecule has 0 bridgehead atoms. The fraction of sp³-hybridized carbons (Fsp3) is 0.208. The maximum absolute atomic E-state index is 13.2. The number of ether oxygens (including phenoxy) is 1. The highest BCUT2D eigenvalue weighted by molar-refractivity contribution is 6.34. The molecule has 0 saturated carbocycles. The van der Waals surface area contributed by atoms with Crippen LogP contribution < -0.4 is 5.32 Å². The molecule has 180 valence electrons. The summed E-state index contributed by atoms with van der Waals surface area (Å²) in [7, 11) is 3.14. The lowest BCUT2D eigenvalue weighted by Crippen LogP contribution is -2.21. The summed E-state index contributed by atoms with van der Waals surface area (Å²) in [4.78, 5) is 21.1. The molecule has 4 aromatic rings. The van der Waals surface area contributed by atoms with Crippen molar-refractivity contribution in [1.29, 1.82) is 0 Å². The van der Waals surface area contributed by atoms with Gasteiger partial charge >= 0.3 is 0 Å². The molecule has 3 heterocycles. The van der Waals surface area contributed by atoms with Crippen LogP contribution in [-0.4, -0.2) is 69.8 Å². The third-order valence-electron chi connectivity index (χ3n) is 5.32. The van der Waals surface area contributed by atoms with Crippen LogP contribution in [-0.2, 0) is 11.3 Å². The number of aliphatic imine (C=N–C) groups is 2. The lowest BCUT2D eigenvalue weighted by atomic mass is 10.1. The van der Waals surface area contributed by atoms with Crippen LogP contribution in [0, 0.1) is 0 Å². The van der Waals surface area contributed by atoms with E-state index >= 15 is 0 Å². The Morgan fingerprint density at radius 2 is 2.09 bits per heavy atom. The average Bonchev–Trinajstić information content (AvgIpc) is 3.48. The quantitative estimate of drug-likeness (QED) is 0.288. The van der Waals surface area contributed by atoms with Gasteiger partial charge in [-0.2, -0.15) is 10.2 Å². The summed E-state index contributed by atoms with van der Waals surface area (Å²) >= 11 is 6.32. The molecule has 0 spiro atoms. The van der Waals surface area contributed by atoms with Crippen molar-refractivity contribution in [2.75, 3.05) is 26.1 Å². The molecule has 0 unspecified atom stereocenters. The number of rotatable bonds is 8. The van der Waals surface area contributed by atoms with E-state index in [0.717, 1.165) is 11.1 Å². The normalized spacial score (nSPS) is 12.6. The van der Waals surface area contributed by atoms with Gasteiger partial charge in [-0.3, -0.25) is 14.5 Å². The SMILES string of the molecule is C=NC(=NC)c1ccc(Cl)c(NC(=O)c2cnn3ccc(-c4cnn(C[C@H](O)COC)c4)cc23)c1. The van der Waals surface area contributed by atoms with Crippen LogP contribution >= 0.6 is 11.6 Å². The predicted octanol–water partition coefficient (Wildman–Crippen LogP) is 3.19. The Labute approximate surface area is 206 Å². The van der Waals surface area contributed by atoms with Gasteiger partial charge in [-0.05, 0) is 42.6 Å². The third kappa shape index (κ3) is 5.29. The Bertz CT molecular complexity index is 1410. The number of nitrogens with one attached hydrogen (secondary N) is 1. The minimum atomic E-state index is -0.660. The third-order valence-corrected chi connectivity index (χ3v) is 5.65. The Hall–Kier alpha value is -3.86. The zero-order valence-corrected chi connectivity index (χ0v) is 20.0. The van der Waals surface area contributed by atoms with Crippen molar-refractivity contribution >= 4 is 41.3 Å². The molecule has 11 heteroatoms. The highest BCUT2D eigenvalue weighted by Gasteiger charge is 2.17. The summed E-state index contributed by atoms with van der Waals surface area (Å²) in [6, 6.07) is 8.85. The van der Waals surface area contributed by atoms with Crippen molar-refractivity contribution in [3.05, 3.63) is 71.3 Å². The van der Waals surface area contributed by atoms with Crippen molar-refractivity contribution in [3.63, 3.8) is 0 Å². The monoisotopic (exact) mass is 493 g/mol. The van der Waals surface area contributed by atoms with E-state index in [-0.39, 0.29) is 12.5 Å². The van der Waals surface area contributed by atoms with Gasteiger partial charge in [0.15, 0.2) is 5.84 Å². The first kappa shape index (κ1) is 24.3. The van der Waals surface area contributed by atoms with E-state index in [1.165, 1.54) is 13.3 Å². The number of amidine groups is 1. The number of aromatic nitrogens is 4. The summed E-state index contributed by atoms with van der Waals surface area (Å²) in [5.74, 6) is 0.0733. The number of aliphatic hydroxyl groups is 1. The van der Waals surface area contributed by atoms with Crippen LogP contribution in [0.5, 0.6) is 0 Å². The van der Waals surface area contributed by atoms with E-state index in [1.807, 2.05) is 18.3 Å². The second-order valence-corrected chi connectivity index (χ2v) is 8.12. The van der Waals surface area contributed by atoms with Crippen LogP contribution in [0.15, 0.2) is 65.1 Å². The Morgan fingerprint density at radius 1 is 1.26 bits per heavy atom. The first-order valence-electron chi connectivity index (χ1n) is 10.7. The van der Waals surface area contributed by atoms with Gasteiger partial charge in [0, 0.05) is 37.7 Å². The average molecular weight is 494 g/mol. The number of anilines is 1. The molecule has 0 aliphatic carbocycles. The zero-order chi connectivity index (χ0) is 24.9. The molecule has 10 nitrogen and oxygen atoms in total. The van der Waals surface area contributed by atoms with Crippen molar-refractivity contribution in [3.8, 4) is 11.1 Å². The maximum Gasteiger partial charge on any atom is 0.259 e. The second kappa shape index (κ2) is 10.6. The van der Waals surface area contributed by atoms with E-state index in [0.29, 0.717) is 39.7 Å². The number of methoxy groups -OCH3 is 1. The number of aliphatic hydroxyl groups excluding tert-OH is 1. The molecule has 1 atom stereocenters. The van der Waals surface area contributed by atoms with E-state index in [2.05, 4.69) is 32.2 Å². The molecule has 4 rings (SSSR count). The van der Waals surface area contributed by atoms with Gasteiger partial charge in [-0.25, -0.2) is 9.51 Å². The number of amides is 1. The van der Waals surface area contributed by atoms with Crippen molar-refractivity contribution in [2.24, 2.45) is 9.98 Å². The Kier molecular flexibility index (Phi) is 7.35. The fourth-order valence-electron chi connectivity index (χ4n) is 3.65. The zero-order valence-electron chi connectivity index (χ0n) is 19.2. The molecule has 0 saturated heterocycles. The topological polar surface area (TPSA) is 118 Å². The molecule has 3 aromatic heterocycles. The Morgan fingerprint density at radius 3 is 2.83 bits per heavy atom. The number of carbonyl (C=O) groups excluding carboxylic acids is 1. The number of halogens is 1. The fourth-order valence-corrected chi connectivity index (χ4v) is 3.81. The number of benzene rings is 1. The molecule has 0 radical (unpaired) electrons. The summed E-state index contributed by atoms with van der Waals surface area (Å²) in [5, 5.41) is 21.8. The van der Waals surface area contributed by atoms with Crippen LogP contribution in [0.2, 0.25) is 5.02 Å². The molecular formula is C24H24ClN7O3. The smallest absolute Gasteiger partial charge is 0.259 e. The van der Waals surface area contributed by atoms with Gasteiger partial charge in [0.05, 0.1) is 53.4 Å². The highest BCUT2D eigenvalue weighted by atomic mass is 35.5. The largest absolute Gasteiger partial charge is 0.389 e. The molecular weight excluding hydrogens is 470 g/mol. The molecule has 0 fully saturated rings. The van der Waals surface area contributed by atoms with Crippen molar-refractivity contribution in [2.45, 2.75) is 12.6 Å². The first-order valence-corrected chi connectivity index (χ1v) is 11.0. The second-order valence-electron chi connectivity index (χ2n) is 7.72. The first-order chi connectivity index (χ1) is 16.9. The van der Waals surface area contributed by atoms with Gasteiger partial charge < -0.3 is 15.2 Å². The number of fused-ring (bicyclic) bond motifs is 1. The molecule has 1 amide bonds. The predicted molar refractivity (Wildman–Crippen MR) is 136 cm³/mol. The van der Waals surface area contributed by atoms with Crippen molar-refractivity contribution < 1.29 is 14.6 Å². The summed E-state index contributed by atoms with van der Waals surface area (Å²) in [5.41, 5.74) is 3.77. The van der Waals surface area contributed by atoms with Gasteiger partial charge in [0.2, 0.25) is 0 Å². The Balaban J connectivity index is 1.60. The van der Waals surface area contributed by atoms with Crippen LogP contribution in [0.25, 0.3) is 16.6 Å². The van der Waals surface area contributed by atoms with E-state index in [1.54, 1.807) is 46.8 Å². The molecule has 0 aliphatic rings. The number of carbonyl (C=O) groups is 1. The lowest BCUT2D eigenvalue weighted by molar-refractivity contribution is 0.0514. The standard InChI is InChI=1S/C24H24ClN7O3/c1-26-23(27-2)16-4-5-20(25)21(8-16)30-24(34)19-11-29-32-7-6-15(9-22(19)32)17-10-28-31(12-17)13-18(33)14-35-3/h4-12,18,33H,1,13-14H2,2-3H3,(H,30,34)/t18-/m0/s1. The van der Waals surface area contributed by atoms with E-state index in [9.17, 15) is 9.90 Å². The number of pyridine rings is 1.